The fraction of sp³-hybridized carbons (Fsp3) is 0.308. The molecule has 2 heterocycles. The van der Waals surface area contributed by atoms with Crippen molar-refractivity contribution in [2.75, 3.05) is 0 Å². The van der Waals surface area contributed by atoms with Crippen molar-refractivity contribution in [1.29, 1.82) is 0 Å². The van der Waals surface area contributed by atoms with Crippen LogP contribution in [0.1, 0.15) is 34.8 Å². The average Bonchev–Trinajstić information content (AvgIpc) is 2.78. The molecule has 0 saturated carbocycles. The number of pyridine rings is 1. The Hall–Kier alpha value is -1.97. The average molecular weight is 229 g/mol. The van der Waals surface area contributed by atoms with Crippen molar-refractivity contribution in [3.63, 3.8) is 0 Å². The lowest BCUT2D eigenvalue weighted by atomic mass is 10.0. The first kappa shape index (κ1) is 11.5. The van der Waals surface area contributed by atoms with Gasteiger partial charge in [0.2, 0.25) is 0 Å². The third kappa shape index (κ3) is 2.41. The number of hydrogen-bond donors (Lipinski definition) is 0. The highest BCUT2D eigenvalue weighted by Gasteiger charge is 2.13. The normalized spacial score (nSPS) is 10.5. The third-order valence-electron chi connectivity index (χ3n) is 2.63. The van der Waals surface area contributed by atoms with Gasteiger partial charge < -0.3 is 0 Å². The first-order valence-electron chi connectivity index (χ1n) is 5.70. The van der Waals surface area contributed by atoms with Crippen molar-refractivity contribution in [2.24, 2.45) is 0 Å². The number of hydrogen-bond acceptors (Lipinski definition) is 3. The van der Waals surface area contributed by atoms with Gasteiger partial charge in [-0.05, 0) is 25.0 Å². The van der Waals surface area contributed by atoms with Crippen LogP contribution in [0.4, 0.5) is 0 Å². The molecule has 0 aliphatic rings. The van der Waals surface area contributed by atoms with Crippen LogP contribution < -0.4 is 0 Å². The van der Waals surface area contributed by atoms with E-state index in [2.05, 4.69) is 17.0 Å². The van der Waals surface area contributed by atoms with Gasteiger partial charge in [-0.15, -0.1) is 0 Å². The molecule has 0 spiro atoms. The maximum Gasteiger partial charge on any atom is 0.197 e. The molecule has 4 heteroatoms. The van der Waals surface area contributed by atoms with E-state index in [1.165, 1.54) is 0 Å². The van der Waals surface area contributed by atoms with E-state index < -0.39 is 0 Å². The van der Waals surface area contributed by atoms with Crippen molar-refractivity contribution >= 4 is 5.78 Å². The Morgan fingerprint density at radius 2 is 2.24 bits per heavy atom. The van der Waals surface area contributed by atoms with Crippen molar-refractivity contribution < 1.29 is 4.79 Å². The minimum absolute atomic E-state index is 0.0158. The van der Waals surface area contributed by atoms with E-state index in [4.69, 9.17) is 0 Å². The van der Waals surface area contributed by atoms with Crippen LogP contribution in [-0.2, 0) is 6.54 Å². The molecule has 0 aliphatic heterocycles. The summed E-state index contributed by atoms with van der Waals surface area (Å²) in [5, 5.41) is 4.16. The van der Waals surface area contributed by atoms with Gasteiger partial charge in [-0.1, -0.05) is 6.92 Å². The molecular formula is C13H15N3O. The van der Waals surface area contributed by atoms with Crippen LogP contribution in [0.3, 0.4) is 0 Å². The van der Waals surface area contributed by atoms with Gasteiger partial charge >= 0.3 is 0 Å². The number of aromatic nitrogens is 3. The summed E-state index contributed by atoms with van der Waals surface area (Å²) >= 11 is 0. The lowest BCUT2D eigenvalue weighted by Gasteiger charge is -2.01. The predicted octanol–water partition coefficient (Wildman–Crippen LogP) is 2.23. The first-order valence-corrected chi connectivity index (χ1v) is 5.70. The van der Waals surface area contributed by atoms with E-state index in [1.807, 2.05) is 13.0 Å². The van der Waals surface area contributed by atoms with Gasteiger partial charge in [0.1, 0.15) is 0 Å². The predicted molar refractivity (Wildman–Crippen MR) is 64.9 cm³/mol. The molecule has 0 amide bonds. The molecule has 17 heavy (non-hydrogen) atoms. The second kappa shape index (κ2) is 4.91. The molecule has 0 aliphatic carbocycles. The summed E-state index contributed by atoms with van der Waals surface area (Å²) in [6.07, 6.45) is 7.70. The highest BCUT2D eigenvalue weighted by Crippen LogP contribution is 2.12. The van der Waals surface area contributed by atoms with Gasteiger partial charge in [-0.25, -0.2) is 0 Å². The zero-order valence-corrected chi connectivity index (χ0v) is 10.1. The van der Waals surface area contributed by atoms with Gasteiger partial charge in [0.25, 0.3) is 0 Å². The second-order valence-electron chi connectivity index (χ2n) is 4.01. The quantitative estimate of drug-likeness (QED) is 0.755. The Balaban J connectivity index is 2.28. The van der Waals surface area contributed by atoms with E-state index >= 15 is 0 Å². The van der Waals surface area contributed by atoms with Gasteiger partial charge in [0, 0.05) is 30.7 Å². The number of ketones is 1. The van der Waals surface area contributed by atoms with Crippen LogP contribution >= 0.6 is 0 Å². The van der Waals surface area contributed by atoms with Crippen LogP contribution in [0.5, 0.6) is 0 Å². The fourth-order valence-corrected chi connectivity index (χ4v) is 1.69. The standard InChI is InChI=1S/C13H15N3O/c1-3-6-16-9-11(7-15-16)13(17)12-8-14-5-4-10(12)2/h4-5,7-9H,3,6H2,1-2H3. The molecule has 2 aromatic rings. The number of rotatable bonds is 4. The van der Waals surface area contributed by atoms with Crippen molar-refractivity contribution in [1.82, 2.24) is 14.8 Å². The summed E-state index contributed by atoms with van der Waals surface area (Å²) in [5.41, 5.74) is 2.20. The summed E-state index contributed by atoms with van der Waals surface area (Å²) in [6, 6.07) is 1.84. The Morgan fingerprint density at radius 3 is 2.94 bits per heavy atom. The molecule has 4 nitrogen and oxygen atoms in total. The number of aryl methyl sites for hydroxylation is 2. The van der Waals surface area contributed by atoms with E-state index in [9.17, 15) is 4.79 Å². The largest absolute Gasteiger partial charge is 0.288 e. The molecule has 0 N–H and O–H groups in total. The SMILES string of the molecule is CCCn1cc(C(=O)c2cnccc2C)cn1. The van der Waals surface area contributed by atoms with E-state index in [1.54, 1.807) is 29.5 Å². The number of nitrogens with zero attached hydrogens (tertiary/aromatic N) is 3. The highest BCUT2D eigenvalue weighted by atomic mass is 16.1. The summed E-state index contributed by atoms with van der Waals surface area (Å²) in [4.78, 5) is 16.2. The Kier molecular flexibility index (Phi) is 3.32. The van der Waals surface area contributed by atoms with Gasteiger partial charge in [-0.2, -0.15) is 5.10 Å². The van der Waals surface area contributed by atoms with Crippen molar-refractivity contribution in [3.8, 4) is 0 Å². The molecule has 0 aromatic carbocycles. The molecule has 0 bridgehead atoms. The van der Waals surface area contributed by atoms with E-state index in [0.717, 1.165) is 18.5 Å². The number of carbonyl (C=O) groups is 1. The molecular weight excluding hydrogens is 214 g/mol. The van der Waals surface area contributed by atoms with Crippen molar-refractivity contribution in [3.05, 3.63) is 47.5 Å². The van der Waals surface area contributed by atoms with Gasteiger partial charge in [-0.3, -0.25) is 14.5 Å². The van der Waals surface area contributed by atoms with Crippen LogP contribution in [0.25, 0.3) is 0 Å². The minimum Gasteiger partial charge on any atom is -0.288 e. The molecule has 0 saturated heterocycles. The Labute approximate surface area is 100 Å². The zero-order chi connectivity index (χ0) is 12.3. The number of carbonyl (C=O) groups excluding carboxylic acids is 1. The first-order chi connectivity index (χ1) is 8.22. The second-order valence-corrected chi connectivity index (χ2v) is 4.01. The lowest BCUT2D eigenvalue weighted by molar-refractivity contribution is 0.103. The third-order valence-corrected chi connectivity index (χ3v) is 2.63. The summed E-state index contributed by atoms with van der Waals surface area (Å²) < 4.78 is 1.79. The van der Waals surface area contributed by atoms with E-state index in [0.29, 0.717) is 11.1 Å². The maximum atomic E-state index is 12.2. The molecule has 0 atom stereocenters. The lowest BCUT2D eigenvalue weighted by Crippen LogP contribution is -2.03. The van der Waals surface area contributed by atoms with Crippen LogP contribution in [0.15, 0.2) is 30.9 Å². The van der Waals surface area contributed by atoms with E-state index in [-0.39, 0.29) is 5.78 Å². The minimum atomic E-state index is -0.0158. The monoisotopic (exact) mass is 229 g/mol. The topological polar surface area (TPSA) is 47.8 Å². The Morgan fingerprint density at radius 1 is 1.41 bits per heavy atom. The van der Waals surface area contributed by atoms with Gasteiger partial charge in [0.05, 0.1) is 11.8 Å². The van der Waals surface area contributed by atoms with Crippen LogP contribution in [-0.4, -0.2) is 20.5 Å². The van der Waals surface area contributed by atoms with Gasteiger partial charge in [0.15, 0.2) is 5.78 Å². The van der Waals surface area contributed by atoms with Crippen LogP contribution in [0, 0.1) is 6.92 Å². The zero-order valence-electron chi connectivity index (χ0n) is 10.1. The molecule has 2 aromatic heterocycles. The Bertz CT molecular complexity index is 531. The maximum absolute atomic E-state index is 12.2. The molecule has 0 unspecified atom stereocenters. The van der Waals surface area contributed by atoms with Crippen molar-refractivity contribution in [2.45, 2.75) is 26.8 Å². The smallest absolute Gasteiger partial charge is 0.197 e. The molecule has 0 fully saturated rings. The summed E-state index contributed by atoms with van der Waals surface area (Å²) in [5.74, 6) is -0.0158. The molecule has 0 radical (unpaired) electrons. The summed E-state index contributed by atoms with van der Waals surface area (Å²) in [7, 11) is 0. The molecule has 2 rings (SSSR count). The highest BCUT2D eigenvalue weighted by molar-refractivity contribution is 6.09. The fourth-order valence-electron chi connectivity index (χ4n) is 1.69. The van der Waals surface area contributed by atoms with Crippen LogP contribution in [0.2, 0.25) is 0 Å². The summed E-state index contributed by atoms with van der Waals surface area (Å²) in [6.45, 7) is 4.82. The molecule has 88 valence electrons.